The van der Waals surface area contributed by atoms with Gasteiger partial charge in [0.25, 0.3) is 5.91 Å². The van der Waals surface area contributed by atoms with Crippen molar-refractivity contribution in [2.45, 2.75) is 19.9 Å². The van der Waals surface area contributed by atoms with Crippen molar-refractivity contribution in [3.8, 4) is 5.69 Å². The van der Waals surface area contributed by atoms with Crippen molar-refractivity contribution < 1.29 is 9.69 Å². The highest BCUT2D eigenvalue weighted by Gasteiger charge is 2.39. The fraction of sp³-hybridized carbons (Fsp3) is 0.389. The number of nitrogens with one attached hydrogen (secondary N) is 2. The lowest BCUT2D eigenvalue weighted by Crippen LogP contribution is -3.06. The van der Waals surface area contributed by atoms with E-state index in [1.54, 1.807) is 4.90 Å². The quantitative estimate of drug-likeness (QED) is 0.760. The van der Waals surface area contributed by atoms with E-state index in [2.05, 4.69) is 24.5 Å². The topological polar surface area (TPSA) is 54.6 Å². The fourth-order valence-electron chi connectivity index (χ4n) is 3.15. The molecule has 1 aliphatic rings. The SMILES string of the molecule is Cc1nn(-c2ccccc2)c(C)c1[C@H]1NC(=S)N(CC[NH+](C)C)C1=O. The van der Waals surface area contributed by atoms with Gasteiger partial charge in [0.1, 0.15) is 6.04 Å². The molecule has 132 valence electrons. The lowest BCUT2D eigenvalue weighted by Gasteiger charge is -2.16. The third-order valence-electron chi connectivity index (χ3n) is 4.50. The molecule has 0 saturated carbocycles. The molecule has 1 atom stereocenters. The summed E-state index contributed by atoms with van der Waals surface area (Å²) in [6.45, 7) is 5.40. The molecule has 0 unspecified atom stereocenters. The predicted molar refractivity (Wildman–Crippen MR) is 101 cm³/mol. The van der Waals surface area contributed by atoms with E-state index in [1.807, 2.05) is 48.9 Å². The van der Waals surface area contributed by atoms with E-state index in [9.17, 15) is 4.79 Å². The number of carbonyl (C=O) groups excluding carboxylic acids is 1. The number of para-hydroxylation sites is 1. The molecule has 2 N–H and O–H groups in total. The molecule has 1 aromatic heterocycles. The van der Waals surface area contributed by atoms with Gasteiger partial charge in [0.15, 0.2) is 5.11 Å². The molecule has 25 heavy (non-hydrogen) atoms. The van der Waals surface area contributed by atoms with Crippen molar-refractivity contribution in [2.24, 2.45) is 0 Å². The molecule has 1 aromatic carbocycles. The van der Waals surface area contributed by atoms with Gasteiger partial charge in [-0.15, -0.1) is 0 Å². The van der Waals surface area contributed by atoms with E-state index in [4.69, 9.17) is 12.2 Å². The molecule has 1 amide bonds. The zero-order chi connectivity index (χ0) is 18.1. The van der Waals surface area contributed by atoms with Gasteiger partial charge in [-0.3, -0.25) is 9.69 Å². The number of likely N-dealkylation sites (N-methyl/N-ethyl adjacent to an activating group) is 1. The Hall–Kier alpha value is -2.25. The van der Waals surface area contributed by atoms with Crippen LogP contribution in [-0.2, 0) is 4.79 Å². The summed E-state index contributed by atoms with van der Waals surface area (Å²) in [6.07, 6.45) is 0. The predicted octanol–water partition coefficient (Wildman–Crippen LogP) is 0.391. The van der Waals surface area contributed by atoms with Gasteiger partial charge in [-0.25, -0.2) is 4.68 Å². The monoisotopic (exact) mass is 358 g/mol. The highest BCUT2D eigenvalue weighted by molar-refractivity contribution is 7.80. The van der Waals surface area contributed by atoms with Crippen LogP contribution in [0.5, 0.6) is 0 Å². The van der Waals surface area contributed by atoms with Crippen molar-refractivity contribution in [1.29, 1.82) is 0 Å². The highest BCUT2D eigenvalue weighted by Crippen LogP contribution is 2.28. The molecule has 2 aromatic rings. The lowest BCUT2D eigenvalue weighted by molar-refractivity contribution is -0.857. The minimum Gasteiger partial charge on any atom is -0.347 e. The number of aryl methyl sites for hydroxylation is 1. The van der Waals surface area contributed by atoms with Crippen LogP contribution in [0.1, 0.15) is 23.0 Å². The second-order valence-electron chi connectivity index (χ2n) is 6.66. The first kappa shape index (κ1) is 17.6. The van der Waals surface area contributed by atoms with Crippen LogP contribution >= 0.6 is 12.2 Å². The zero-order valence-corrected chi connectivity index (χ0v) is 15.9. The Morgan fingerprint density at radius 1 is 1.24 bits per heavy atom. The van der Waals surface area contributed by atoms with Crippen molar-refractivity contribution in [2.75, 3.05) is 27.2 Å². The molecule has 1 saturated heterocycles. The number of benzene rings is 1. The molecule has 1 fully saturated rings. The first-order valence-corrected chi connectivity index (χ1v) is 8.83. The van der Waals surface area contributed by atoms with Crippen LogP contribution in [0.4, 0.5) is 0 Å². The molecule has 2 heterocycles. The summed E-state index contributed by atoms with van der Waals surface area (Å²) in [6, 6.07) is 9.48. The van der Waals surface area contributed by atoms with Gasteiger partial charge in [-0.2, -0.15) is 5.10 Å². The summed E-state index contributed by atoms with van der Waals surface area (Å²) >= 11 is 5.39. The Balaban J connectivity index is 1.91. The van der Waals surface area contributed by atoms with E-state index in [1.165, 1.54) is 4.90 Å². The van der Waals surface area contributed by atoms with Crippen molar-refractivity contribution >= 4 is 23.2 Å². The van der Waals surface area contributed by atoms with Gasteiger partial charge in [-0.1, -0.05) is 18.2 Å². The molecule has 7 heteroatoms. The second kappa shape index (κ2) is 6.93. The van der Waals surface area contributed by atoms with Crippen molar-refractivity contribution in [3.05, 3.63) is 47.3 Å². The number of hydrogen-bond donors (Lipinski definition) is 2. The van der Waals surface area contributed by atoms with E-state index in [0.29, 0.717) is 11.7 Å². The summed E-state index contributed by atoms with van der Waals surface area (Å²) < 4.78 is 1.88. The maximum absolute atomic E-state index is 12.9. The summed E-state index contributed by atoms with van der Waals surface area (Å²) in [4.78, 5) is 15.9. The average Bonchev–Trinajstić information content (AvgIpc) is 3.02. The van der Waals surface area contributed by atoms with Crippen LogP contribution in [0.3, 0.4) is 0 Å². The second-order valence-corrected chi connectivity index (χ2v) is 7.05. The van der Waals surface area contributed by atoms with Gasteiger partial charge in [-0.05, 0) is 38.2 Å². The summed E-state index contributed by atoms with van der Waals surface area (Å²) in [5.41, 5.74) is 3.69. The molecule has 3 rings (SSSR count). The first-order valence-electron chi connectivity index (χ1n) is 8.42. The van der Waals surface area contributed by atoms with Gasteiger partial charge >= 0.3 is 0 Å². The number of carbonyl (C=O) groups is 1. The Morgan fingerprint density at radius 3 is 2.56 bits per heavy atom. The van der Waals surface area contributed by atoms with E-state index in [0.717, 1.165) is 29.2 Å². The standard InChI is InChI=1S/C18H23N5OS/c1-12-15(13(2)23(20-12)14-8-6-5-7-9-14)16-17(24)22(18(25)19-16)11-10-21(3)4/h5-9,16H,10-11H2,1-4H3,(H,19,25)/p+1/t16-/m1/s1. The van der Waals surface area contributed by atoms with Crippen LogP contribution in [0.2, 0.25) is 0 Å². The maximum Gasteiger partial charge on any atom is 0.256 e. The number of quaternary nitrogens is 1. The van der Waals surface area contributed by atoms with Gasteiger partial charge < -0.3 is 10.2 Å². The zero-order valence-electron chi connectivity index (χ0n) is 15.0. The van der Waals surface area contributed by atoms with Crippen LogP contribution in [0, 0.1) is 13.8 Å². The summed E-state index contributed by atoms with van der Waals surface area (Å²) in [7, 11) is 4.12. The number of amides is 1. The van der Waals surface area contributed by atoms with Crippen molar-refractivity contribution in [1.82, 2.24) is 20.0 Å². The highest BCUT2D eigenvalue weighted by atomic mass is 32.1. The number of aromatic nitrogens is 2. The Kier molecular flexibility index (Phi) is 4.87. The van der Waals surface area contributed by atoms with Crippen LogP contribution < -0.4 is 10.2 Å². The number of nitrogens with zero attached hydrogens (tertiary/aromatic N) is 3. The Labute approximate surface area is 153 Å². The lowest BCUT2D eigenvalue weighted by atomic mass is 10.0. The average molecular weight is 358 g/mol. The molecule has 6 nitrogen and oxygen atoms in total. The molecular formula is C18H24N5OS+. The molecule has 0 spiro atoms. The van der Waals surface area contributed by atoms with E-state index >= 15 is 0 Å². The Bertz CT molecular complexity index is 799. The largest absolute Gasteiger partial charge is 0.347 e. The minimum atomic E-state index is -0.456. The molecule has 0 radical (unpaired) electrons. The number of rotatable bonds is 5. The summed E-state index contributed by atoms with van der Waals surface area (Å²) in [5.74, 6) is 0.00469. The molecule has 0 aliphatic carbocycles. The number of thiocarbonyl (C=S) groups is 1. The van der Waals surface area contributed by atoms with Gasteiger partial charge in [0.2, 0.25) is 0 Å². The first-order chi connectivity index (χ1) is 11.9. The van der Waals surface area contributed by atoms with Gasteiger partial charge in [0, 0.05) is 11.3 Å². The molecule has 0 bridgehead atoms. The number of hydrogen-bond acceptors (Lipinski definition) is 3. The molecule has 1 aliphatic heterocycles. The minimum absolute atomic E-state index is 0.00469. The maximum atomic E-state index is 12.9. The third-order valence-corrected chi connectivity index (χ3v) is 4.84. The fourth-order valence-corrected chi connectivity index (χ4v) is 3.45. The van der Waals surface area contributed by atoms with Crippen LogP contribution in [0.25, 0.3) is 5.69 Å². The van der Waals surface area contributed by atoms with E-state index < -0.39 is 6.04 Å². The van der Waals surface area contributed by atoms with Crippen molar-refractivity contribution in [3.63, 3.8) is 0 Å². The normalized spacial score (nSPS) is 17.5. The van der Waals surface area contributed by atoms with Crippen LogP contribution in [0.15, 0.2) is 30.3 Å². The smallest absolute Gasteiger partial charge is 0.256 e. The van der Waals surface area contributed by atoms with E-state index in [-0.39, 0.29) is 5.91 Å². The summed E-state index contributed by atoms with van der Waals surface area (Å²) in [5, 5.41) is 8.33. The van der Waals surface area contributed by atoms with Gasteiger partial charge in [0.05, 0.1) is 38.6 Å². The Morgan fingerprint density at radius 2 is 1.92 bits per heavy atom. The third kappa shape index (κ3) is 3.29. The molecular weight excluding hydrogens is 334 g/mol. The van der Waals surface area contributed by atoms with Crippen LogP contribution in [-0.4, -0.2) is 52.9 Å².